The maximum atomic E-state index is 8.93. The van der Waals surface area contributed by atoms with Crippen LogP contribution < -0.4 is 0 Å². The van der Waals surface area contributed by atoms with Crippen molar-refractivity contribution in [3.05, 3.63) is 35.4 Å². The van der Waals surface area contributed by atoms with Crippen LogP contribution in [0.2, 0.25) is 0 Å². The highest BCUT2D eigenvalue weighted by Crippen LogP contribution is 2.06. The van der Waals surface area contributed by atoms with E-state index in [4.69, 9.17) is 10.2 Å². The van der Waals surface area contributed by atoms with Gasteiger partial charge in [0.2, 0.25) is 0 Å². The number of aliphatic hydroxyl groups is 2. The average Bonchev–Trinajstić information content (AvgIpc) is 2.40. The molecule has 1 aromatic rings. The molecule has 0 saturated heterocycles. The summed E-state index contributed by atoms with van der Waals surface area (Å²) in [4.78, 5) is 2.19. The molecule has 0 amide bonds. The van der Waals surface area contributed by atoms with E-state index in [-0.39, 0.29) is 13.2 Å². The molecule has 1 aromatic carbocycles. The summed E-state index contributed by atoms with van der Waals surface area (Å²) < 4.78 is 0. The van der Waals surface area contributed by atoms with Gasteiger partial charge in [0.05, 0.1) is 13.2 Å². The SMILES string of the molecule is CCN(CCO)Cc1ccc(C#CCCO)cc1. The van der Waals surface area contributed by atoms with Crippen molar-refractivity contribution in [1.82, 2.24) is 4.90 Å². The third kappa shape index (κ3) is 5.33. The van der Waals surface area contributed by atoms with E-state index in [0.29, 0.717) is 13.0 Å². The molecule has 3 heteroatoms. The van der Waals surface area contributed by atoms with E-state index in [9.17, 15) is 0 Å². The van der Waals surface area contributed by atoms with Crippen molar-refractivity contribution < 1.29 is 10.2 Å². The van der Waals surface area contributed by atoms with E-state index < -0.39 is 0 Å². The second kappa shape index (κ2) is 8.71. The summed E-state index contributed by atoms with van der Waals surface area (Å²) >= 11 is 0. The lowest BCUT2D eigenvalue weighted by molar-refractivity contribution is 0.197. The molecule has 0 spiro atoms. The summed E-state index contributed by atoms with van der Waals surface area (Å²) in [6.45, 7) is 4.87. The van der Waals surface area contributed by atoms with E-state index in [0.717, 1.165) is 18.7 Å². The molecule has 1 rings (SSSR count). The fourth-order valence-electron chi connectivity index (χ4n) is 1.66. The van der Waals surface area contributed by atoms with Crippen LogP contribution in [0.25, 0.3) is 0 Å². The number of benzene rings is 1. The van der Waals surface area contributed by atoms with Gasteiger partial charge in [-0.15, -0.1) is 0 Å². The van der Waals surface area contributed by atoms with Gasteiger partial charge in [-0.25, -0.2) is 0 Å². The van der Waals surface area contributed by atoms with E-state index >= 15 is 0 Å². The van der Waals surface area contributed by atoms with E-state index in [1.807, 2.05) is 12.1 Å². The Hall–Kier alpha value is -1.34. The van der Waals surface area contributed by atoms with E-state index in [1.54, 1.807) is 0 Å². The van der Waals surface area contributed by atoms with Crippen LogP contribution in [-0.4, -0.2) is 41.4 Å². The molecule has 0 heterocycles. The molecule has 0 aromatic heterocycles. The van der Waals surface area contributed by atoms with Gasteiger partial charge in [0, 0.05) is 25.1 Å². The Balaban J connectivity index is 2.57. The van der Waals surface area contributed by atoms with Crippen LogP contribution in [0.3, 0.4) is 0 Å². The van der Waals surface area contributed by atoms with E-state index in [2.05, 4.69) is 35.8 Å². The van der Waals surface area contributed by atoms with Crippen molar-refractivity contribution in [2.75, 3.05) is 26.3 Å². The molecular formula is C15H21NO2. The molecule has 0 aliphatic heterocycles. The Morgan fingerprint density at radius 3 is 2.39 bits per heavy atom. The van der Waals surface area contributed by atoms with E-state index in [1.165, 1.54) is 5.56 Å². The van der Waals surface area contributed by atoms with Gasteiger partial charge in [-0.2, -0.15) is 0 Å². The summed E-state index contributed by atoms with van der Waals surface area (Å²) in [5.41, 5.74) is 2.19. The molecule has 0 atom stereocenters. The van der Waals surface area contributed by atoms with Gasteiger partial charge in [0.1, 0.15) is 0 Å². The summed E-state index contributed by atoms with van der Waals surface area (Å²) in [5.74, 6) is 5.90. The fraction of sp³-hybridized carbons (Fsp3) is 0.467. The first kappa shape index (κ1) is 14.7. The highest BCUT2D eigenvalue weighted by Gasteiger charge is 2.02. The van der Waals surface area contributed by atoms with Gasteiger partial charge in [-0.1, -0.05) is 30.9 Å². The van der Waals surface area contributed by atoms with Gasteiger partial charge in [0.25, 0.3) is 0 Å². The maximum absolute atomic E-state index is 8.93. The lowest BCUT2D eigenvalue weighted by Crippen LogP contribution is -2.25. The first-order valence-corrected chi connectivity index (χ1v) is 6.32. The Labute approximate surface area is 109 Å². The summed E-state index contributed by atoms with van der Waals surface area (Å²) in [5, 5.41) is 17.6. The lowest BCUT2D eigenvalue weighted by atomic mass is 10.1. The predicted octanol–water partition coefficient (Wildman–Crippen LogP) is 1.23. The van der Waals surface area contributed by atoms with Gasteiger partial charge in [-0.3, -0.25) is 4.90 Å². The number of nitrogens with zero attached hydrogens (tertiary/aromatic N) is 1. The van der Waals surface area contributed by atoms with Crippen LogP contribution in [-0.2, 0) is 6.54 Å². The summed E-state index contributed by atoms with van der Waals surface area (Å²) in [6, 6.07) is 8.10. The van der Waals surface area contributed by atoms with Crippen LogP contribution in [0.1, 0.15) is 24.5 Å². The topological polar surface area (TPSA) is 43.7 Å². The normalized spacial score (nSPS) is 10.2. The zero-order chi connectivity index (χ0) is 13.2. The highest BCUT2D eigenvalue weighted by atomic mass is 16.3. The number of hydrogen-bond donors (Lipinski definition) is 2. The first-order chi connectivity index (χ1) is 8.80. The van der Waals surface area contributed by atoms with Gasteiger partial charge in [0.15, 0.2) is 0 Å². The molecule has 0 saturated carbocycles. The predicted molar refractivity (Wildman–Crippen MR) is 73.1 cm³/mol. The second-order valence-electron chi connectivity index (χ2n) is 4.06. The molecule has 2 N–H and O–H groups in total. The molecule has 3 nitrogen and oxygen atoms in total. The first-order valence-electron chi connectivity index (χ1n) is 6.32. The monoisotopic (exact) mass is 247 g/mol. The smallest absolute Gasteiger partial charge is 0.0558 e. The zero-order valence-electron chi connectivity index (χ0n) is 10.9. The Morgan fingerprint density at radius 1 is 1.11 bits per heavy atom. The number of aliphatic hydroxyl groups excluding tert-OH is 2. The quantitative estimate of drug-likeness (QED) is 0.743. The van der Waals surface area contributed by atoms with Crippen molar-refractivity contribution in [1.29, 1.82) is 0 Å². The molecular weight excluding hydrogens is 226 g/mol. The van der Waals surface area contributed by atoms with Crippen LogP contribution in [0, 0.1) is 11.8 Å². The third-order valence-corrected chi connectivity index (χ3v) is 2.69. The average molecular weight is 247 g/mol. The van der Waals surface area contributed by atoms with Crippen LogP contribution >= 0.6 is 0 Å². The Bertz CT molecular complexity index is 389. The summed E-state index contributed by atoms with van der Waals surface area (Å²) in [6.07, 6.45) is 0.516. The molecule has 0 aliphatic rings. The number of rotatable bonds is 6. The van der Waals surface area contributed by atoms with Gasteiger partial charge >= 0.3 is 0 Å². The Kier molecular flexibility index (Phi) is 7.12. The summed E-state index contributed by atoms with van der Waals surface area (Å²) in [7, 11) is 0. The molecule has 0 aliphatic carbocycles. The van der Waals surface area contributed by atoms with Crippen LogP contribution in [0.4, 0.5) is 0 Å². The maximum Gasteiger partial charge on any atom is 0.0558 e. The standard InChI is InChI=1S/C15H21NO2/c1-2-16(10-12-18)13-15-8-6-14(7-9-15)5-3-4-11-17/h6-9,17-18H,2,4,10-13H2,1H3. The molecule has 98 valence electrons. The molecule has 18 heavy (non-hydrogen) atoms. The Morgan fingerprint density at radius 2 is 1.83 bits per heavy atom. The third-order valence-electron chi connectivity index (χ3n) is 2.69. The molecule has 0 bridgehead atoms. The van der Waals surface area contributed by atoms with Crippen LogP contribution in [0.5, 0.6) is 0 Å². The van der Waals surface area contributed by atoms with Crippen molar-refractivity contribution in [2.24, 2.45) is 0 Å². The molecule has 0 fully saturated rings. The van der Waals surface area contributed by atoms with Gasteiger partial charge in [-0.05, 0) is 24.2 Å². The number of hydrogen-bond acceptors (Lipinski definition) is 3. The fourth-order valence-corrected chi connectivity index (χ4v) is 1.66. The number of likely N-dealkylation sites (N-methyl/N-ethyl adjacent to an activating group) is 1. The molecule has 0 radical (unpaired) electrons. The van der Waals surface area contributed by atoms with Crippen molar-refractivity contribution in [3.63, 3.8) is 0 Å². The van der Waals surface area contributed by atoms with Crippen molar-refractivity contribution in [3.8, 4) is 11.8 Å². The minimum atomic E-state index is 0.109. The van der Waals surface area contributed by atoms with Crippen molar-refractivity contribution in [2.45, 2.75) is 19.9 Å². The highest BCUT2D eigenvalue weighted by molar-refractivity contribution is 5.36. The second-order valence-corrected chi connectivity index (χ2v) is 4.06. The van der Waals surface area contributed by atoms with Crippen molar-refractivity contribution >= 4 is 0 Å². The van der Waals surface area contributed by atoms with Crippen LogP contribution in [0.15, 0.2) is 24.3 Å². The van der Waals surface area contributed by atoms with Gasteiger partial charge < -0.3 is 10.2 Å². The minimum Gasteiger partial charge on any atom is -0.395 e. The lowest BCUT2D eigenvalue weighted by Gasteiger charge is -2.18. The largest absolute Gasteiger partial charge is 0.395 e. The molecule has 0 unspecified atom stereocenters. The zero-order valence-corrected chi connectivity index (χ0v) is 10.9. The minimum absolute atomic E-state index is 0.109.